The van der Waals surface area contributed by atoms with Gasteiger partial charge in [0.15, 0.2) is 0 Å². The highest BCUT2D eigenvalue weighted by atomic mass is 35.5. The third kappa shape index (κ3) is 1.43. The van der Waals surface area contributed by atoms with E-state index in [0.29, 0.717) is 10.4 Å². The fourth-order valence-corrected chi connectivity index (χ4v) is 1.98. The summed E-state index contributed by atoms with van der Waals surface area (Å²) in [7, 11) is 0. The molecular formula is C11H8Cl2O. The molecular weight excluding hydrogens is 219 g/mol. The summed E-state index contributed by atoms with van der Waals surface area (Å²) in [4.78, 5) is 0. The largest absolute Gasteiger partial charge is 0.506 e. The third-order valence-corrected chi connectivity index (χ3v) is 2.77. The number of benzene rings is 2. The van der Waals surface area contributed by atoms with E-state index in [1.165, 1.54) is 0 Å². The Hall–Kier alpha value is -0.920. The van der Waals surface area contributed by atoms with Crippen molar-refractivity contribution in [1.82, 2.24) is 0 Å². The Balaban J connectivity index is 2.94. The molecule has 0 fully saturated rings. The van der Waals surface area contributed by atoms with Gasteiger partial charge < -0.3 is 5.11 Å². The highest BCUT2D eigenvalue weighted by molar-refractivity contribution is 6.39. The number of hydrogen-bond donors (Lipinski definition) is 1. The van der Waals surface area contributed by atoms with Crippen molar-refractivity contribution < 1.29 is 5.11 Å². The molecule has 1 nitrogen and oxygen atoms in total. The molecule has 0 saturated carbocycles. The van der Waals surface area contributed by atoms with Crippen molar-refractivity contribution in [3.63, 3.8) is 0 Å². The predicted molar refractivity (Wildman–Crippen MR) is 60.4 cm³/mol. The van der Waals surface area contributed by atoms with Gasteiger partial charge in [-0.25, -0.2) is 0 Å². The molecule has 0 saturated heterocycles. The Bertz CT molecular complexity index is 506. The van der Waals surface area contributed by atoms with Crippen LogP contribution in [-0.2, 0) is 0 Å². The summed E-state index contributed by atoms with van der Waals surface area (Å²) in [6.07, 6.45) is 0. The molecule has 2 aromatic carbocycles. The van der Waals surface area contributed by atoms with Gasteiger partial charge in [0.2, 0.25) is 0 Å². The van der Waals surface area contributed by atoms with E-state index in [0.717, 1.165) is 10.9 Å². The fourth-order valence-electron chi connectivity index (χ4n) is 1.45. The second-order valence-electron chi connectivity index (χ2n) is 3.24. The summed E-state index contributed by atoms with van der Waals surface area (Å²) in [5, 5.41) is 12.0. The number of phenolic OH excluding ortho intramolecular Hbond substituents is 1. The minimum atomic E-state index is 0.0890. The van der Waals surface area contributed by atoms with Gasteiger partial charge in [0.05, 0.1) is 10.0 Å². The van der Waals surface area contributed by atoms with Gasteiger partial charge in [0.1, 0.15) is 5.75 Å². The highest BCUT2D eigenvalue weighted by Gasteiger charge is 2.08. The molecule has 0 aromatic heterocycles. The summed E-state index contributed by atoms with van der Waals surface area (Å²) in [5.41, 5.74) is 1.10. The lowest BCUT2D eigenvalue weighted by molar-refractivity contribution is 0.482. The summed E-state index contributed by atoms with van der Waals surface area (Å²) in [6, 6.07) is 7.21. The van der Waals surface area contributed by atoms with E-state index in [9.17, 15) is 5.11 Å². The van der Waals surface area contributed by atoms with Crippen LogP contribution < -0.4 is 0 Å². The van der Waals surface area contributed by atoms with Crippen molar-refractivity contribution in [3.8, 4) is 5.75 Å². The first-order valence-electron chi connectivity index (χ1n) is 4.17. The summed E-state index contributed by atoms with van der Waals surface area (Å²) in [5.74, 6) is 0.0890. The lowest BCUT2D eigenvalue weighted by atomic mass is 10.1. The molecule has 0 atom stereocenters. The van der Waals surface area contributed by atoms with Crippen LogP contribution in [0.25, 0.3) is 10.8 Å². The molecule has 0 radical (unpaired) electrons. The van der Waals surface area contributed by atoms with E-state index in [4.69, 9.17) is 23.2 Å². The van der Waals surface area contributed by atoms with Crippen LogP contribution in [0.15, 0.2) is 24.3 Å². The monoisotopic (exact) mass is 226 g/mol. The van der Waals surface area contributed by atoms with Crippen LogP contribution in [0.5, 0.6) is 5.75 Å². The fraction of sp³-hybridized carbons (Fsp3) is 0.0909. The third-order valence-electron chi connectivity index (χ3n) is 2.17. The minimum absolute atomic E-state index is 0.0890. The van der Waals surface area contributed by atoms with Crippen LogP contribution in [-0.4, -0.2) is 5.11 Å². The quantitative estimate of drug-likeness (QED) is 0.716. The summed E-state index contributed by atoms with van der Waals surface area (Å²) < 4.78 is 0. The zero-order valence-electron chi connectivity index (χ0n) is 7.51. The van der Waals surface area contributed by atoms with Gasteiger partial charge in [-0.05, 0) is 19.1 Å². The molecule has 0 bridgehead atoms. The van der Waals surface area contributed by atoms with E-state index in [1.807, 2.05) is 25.1 Å². The van der Waals surface area contributed by atoms with Gasteiger partial charge in [0, 0.05) is 10.8 Å². The molecule has 2 aromatic rings. The smallest absolute Gasteiger partial charge is 0.142 e. The van der Waals surface area contributed by atoms with Gasteiger partial charge in [-0.3, -0.25) is 0 Å². The zero-order chi connectivity index (χ0) is 10.3. The van der Waals surface area contributed by atoms with Crippen molar-refractivity contribution in [2.24, 2.45) is 0 Å². The molecule has 0 unspecified atom stereocenters. The molecule has 1 N–H and O–H groups in total. The van der Waals surface area contributed by atoms with Crippen LogP contribution in [0, 0.1) is 6.92 Å². The van der Waals surface area contributed by atoms with Crippen LogP contribution in [0.1, 0.15) is 5.56 Å². The summed E-state index contributed by atoms with van der Waals surface area (Å²) >= 11 is 11.8. The number of aryl methyl sites for hydroxylation is 1. The Morgan fingerprint density at radius 2 is 1.71 bits per heavy atom. The molecule has 2 rings (SSSR count). The van der Waals surface area contributed by atoms with E-state index < -0.39 is 0 Å². The lowest BCUT2D eigenvalue weighted by Gasteiger charge is -2.06. The molecule has 0 amide bonds. The molecule has 3 heteroatoms. The van der Waals surface area contributed by atoms with Crippen molar-refractivity contribution in [2.75, 3.05) is 0 Å². The molecule has 0 aliphatic carbocycles. The van der Waals surface area contributed by atoms with Crippen LogP contribution in [0.3, 0.4) is 0 Å². The molecule has 0 aliphatic rings. The molecule has 72 valence electrons. The zero-order valence-corrected chi connectivity index (χ0v) is 9.02. The predicted octanol–water partition coefficient (Wildman–Crippen LogP) is 4.16. The molecule has 14 heavy (non-hydrogen) atoms. The van der Waals surface area contributed by atoms with Crippen LogP contribution in [0.4, 0.5) is 0 Å². The topological polar surface area (TPSA) is 20.2 Å². The van der Waals surface area contributed by atoms with E-state index >= 15 is 0 Å². The number of hydrogen-bond acceptors (Lipinski definition) is 1. The number of rotatable bonds is 0. The summed E-state index contributed by atoms with van der Waals surface area (Å²) in [6.45, 7) is 1.97. The number of fused-ring (bicyclic) bond motifs is 1. The molecule has 0 heterocycles. The lowest BCUT2D eigenvalue weighted by Crippen LogP contribution is -1.79. The first-order chi connectivity index (χ1) is 6.59. The first-order valence-corrected chi connectivity index (χ1v) is 4.92. The highest BCUT2D eigenvalue weighted by Crippen LogP contribution is 2.37. The second kappa shape index (κ2) is 3.34. The van der Waals surface area contributed by atoms with Crippen molar-refractivity contribution in [2.45, 2.75) is 6.92 Å². The Kier molecular flexibility index (Phi) is 2.30. The van der Waals surface area contributed by atoms with Crippen LogP contribution >= 0.6 is 23.2 Å². The van der Waals surface area contributed by atoms with E-state index in [2.05, 4.69) is 0 Å². The number of aromatic hydroxyl groups is 1. The first kappa shape index (κ1) is 9.63. The van der Waals surface area contributed by atoms with E-state index in [-0.39, 0.29) is 10.8 Å². The number of phenols is 1. The molecule has 0 spiro atoms. The standard InChI is InChI=1S/C11H8Cl2O/c1-6-2-3-7-8(4-6)9(12)5-10(13)11(7)14/h2-5,14H,1H3. The van der Waals surface area contributed by atoms with Crippen LogP contribution in [0.2, 0.25) is 10.0 Å². The van der Waals surface area contributed by atoms with Gasteiger partial charge in [-0.1, -0.05) is 40.9 Å². The number of halogens is 2. The van der Waals surface area contributed by atoms with Gasteiger partial charge in [0.25, 0.3) is 0 Å². The van der Waals surface area contributed by atoms with Crippen molar-refractivity contribution in [1.29, 1.82) is 0 Å². The Morgan fingerprint density at radius 1 is 1.00 bits per heavy atom. The normalized spacial score (nSPS) is 10.8. The van der Waals surface area contributed by atoms with E-state index in [1.54, 1.807) is 6.07 Å². The van der Waals surface area contributed by atoms with Gasteiger partial charge >= 0.3 is 0 Å². The Labute approximate surface area is 91.9 Å². The van der Waals surface area contributed by atoms with Crippen molar-refractivity contribution in [3.05, 3.63) is 39.9 Å². The maximum absolute atomic E-state index is 9.68. The average molecular weight is 227 g/mol. The maximum Gasteiger partial charge on any atom is 0.142 e. The SMILES string of the molecule is Cc1ccc2c(O)c(Cl)cc(Cl)c2c1. The maximum atomic E-state index is 9.68. The van der Waals surface area contributed by atoms with Gasteiger partial charge in [-0.15, -0.1) is 0 Å². The molecule has 0 aliphatic heterocycles. The minimum Gasteiger partial charge on any atom is -0.506 e. The second-order valence-corrected chi connectivity index (χ2v) is 4.05. The average Bonchev–Trinajstić information content (AvgIpc) is 2.14. The van der Waals surface area contributed by atoms with Gasteiger partial charge in [-0.2, -0.15) is 0 Å². The van der Waals surface area contributed by atoms with Crippen molar-refractivity contribution >= 4 is 34.0 Å². The Morgan fingerprint density at radius 3 is 2.43 bits per heavy atom.